The highest BCUT2D eigenvalue weighted by atomic mass is 31.2. The lowest BCUT2D eigenvalue weighted by Gasteiger charge is -2.20. The Balaban J connectivity index is 4.52. The van der Waals surface area contributed by atoms with E-state index in [2.05, 4.69) is 25.3 Å². The van der Waals surface area contributed by atoms with Crippen LogP contribution in [0, 0.1) is 5.92 Å². The molecule has 0 rings (SSSR count). The van der Waals surface area contributed by atoms with E-state index in [1.807, 2.05) is 36.5 Å². The lowest BCUT2D eigenvalue weighted by atomic mass is 10.0. The molecule has 0 aromatic rings. The summed E-state index contributed by atoms with van der Waals surface area (Å²) >= 11 is 0. The predicted molar refractivity (Wildman–Crippen MR) is 205 cm³/mol. The third kappa shape index (κ3) is 34.7. The molecule has 0 amide bonds. The lowest BCUT2D eigenvalue weighted by molar-refractivity contribution is -0.161. The first-order chi connectivity index (χ1) is 25.0. The Kier molecular flexibility index (Phi) is 32.8. The van der Waals surface area contributed by atoms with Gasteiger partial charge in [0.1, 0.15) is 12.7 Å². The summed E-state index contributed by atoms with van der Waals surface area (Å²) in [5.41, 5.74) is 0. The summed E-state index contributed by atoms with van der Waals surface area (Å²) in [7, 11) is -4.64. The molecule has 0 bridgehead atoms. The number of rotatable bonds is 35. The van der Waals surface area contributed by atoms with Crippen LogP contribution < -0.4 is 0 Å². The van der Waals surface area contributed by atoms with Crippen LogP contribution in [-0.4, -0.2) is 71.5 Å². The molecule has 0 radical (unpaired) electrons. The van der Waals surface area contributed by atoms with Crippen LogP contribution >= 0.6 is 7.82 Å². The first kappa shape index (κ1) is 49.6. The van der Waals surface area contributed by atoms with E-state index < -0.39 is 51.8 Å². The Labute approximate surface area is 313 Å². The van der Waals surface area contributed by atoms with Crippen molar-refractivity contribution in [2.75, 3.05) is 26.4 Å². The zero-order chi connectivity index (χ0) is 38.7. The zero-order valence-corrected chi connectivity index (χ0v) is 33.1. The largest absolute Gasteiger partial charge is 0.472 e. The summed E-state index contributed by atoms with van der Waals surface area (Å²) in [5, 5.41) is 18.3. The number of carbonyl (C=O) groups is 3. The maximum absolute atomic E-state index is 12.5. The van der Waals surface area contributed by atoms with E-state index in [9.17, 15) is 28.9 Å². The highest BCUT2D eigenvalue weighted by Crippen LogP contribution is 2.43. The van der Waals surface area contributed by atoms with Crippen molar-refractivity contribution < 1.29 is 52.6 Å². The molecule has 0 saturated carbocycles. The van der Waals surface area contributed by atoms with Gasteiger partial charge in [0.2, 0.25) is 0 Å². The fraction of sp³-hybridized carbons (Fsp3) is 0.725. The number of ether oxygens (including phenoxy) is 2. The summed E-state index contributed by atoms with van der Waals surface area (Å²) in [6.45, 7) is 4.37. The van der Waals surface area contributed by atoms with Crippen LogP contribution in [-0.2, 0) is 37.5 Å². The second-order valence-electron chi connectivity index (χ2n) is 13.5. The van der Waals surface area contributed by atoms with Crippen LogP contribution in [0.2, 0.25) is 0 Å². The number of hydrogen-bond acceptors (Lipinski definition) is 10. The van der Waals surface area contributed by atoms with E-state index in [4.69, 9.17) is 19.1 Å². The number of ketones is 1. The molecule has 0 spiro atoms. The molecule has 0 aromatic carbocycles. The summed E-state index contributed by atoms with van der Waals surface area (Å²) in [6, 6.07) is 0. The average Bonchev–Trinajstić information content (AvgIpc) is 3.11. The minimum absolute atomic E-state index is 0.0811. The Morgan fingerprint density at radius 3 is 1.96 bits per heavy atom. The minimum atomic E-state index is -4.64. The number of allylic oxidation sites excluding steroid dienone is 8. The molecule has 3 N–H and O–H groups in total. The normalized spacial score (nSPS) is 14.5. The Morgan fingerprint density at radius 1 is 0.692 bits per heavy atom. The number of esters is 2. The highest BCUT2D eigenvalue weighted by Gasteiger charge is 2.27. The number of phosphoric acid groups is 1. The molecule has 0 aliphatic carbocycles. The van der Waals surface area contributed by atoms with Crippen LogP contribution in [0.1, 0.15) is 143 Å². The second-order valence-corrected chi connectivity index (χ2v) is 14.9. The van der Waals surface area contributed by atoms with E-state index in [1.54, 1.807) is 12.2 Å². The third-order valence-electron chi connectivity index (χ3n) is 7.89. The van der Waals surface area contributed by atoms with Crippen molar-refractivity contribution in [2.45, 2.75) is 155 Å². The van der Waals surface area contributed by atoms with Gasteiger partial charge in [-0.1, -0.05) is 128 Å². The van der Waals surface area contributed by atoms with Crippen LogP contribution in [0.5, 0.6) is 0 Å². The van der Waals surface area contributed by atoms with Crippen LogP contribution in [0.25, 0.3) is 0 Å². The molecule has 0 heterocycles. The molecule has 0 aliphatic heterocycles. The summed E-state index contributed by atoms with van der Waals surface area (Å²) in [5.74, 6) is -0.123. The molecule has 0 aliphatic rings. The molecular weight excluding hydrogens is 687 g/mol. The van der Waals surface area contributed by atoms with Gasteiger partial charge in [0.15, 0.2) is 11.9 Å². The van der Waals surface area contributed by atoms with Gasteiger partial charge < -0.3 is 24.6 Å². The van der Waals surface area contributed by atoms with Gasteiger partial charge in [-0.05, 0) is 50.5 Å². The van der Waals surface area contributed by atoms with Gasteiger partial charge in [-0.25, -0.2) is 4.57 Å². The smallest absolute Gasteiger partial charge is 0.462 e. The molecule has 0 saturated heterocycles. The average molecular weight is 757 g/mol. The van der Waals surface area contributed by atoms with E-state index in [-0.39, 0.29) is 25.2 Å². The molecule has 300 valence electrons. The predicted octanol–water partition coefficient (Wildman–Crippen LogP) is 8.81. The van der Waals surface area contributed by atoms with E-state index in [1.165, 1.54) is 32.1 Å². The van der Waals surface area contributed by atoms with Crippen LogP contribution in [0.3, 0.4) is 0 Å². The van der Waals surface area contributed by atoms with Crippen molar-refractivity contribution >= 4 is 25.5 Å². The van der Waals surface area contributed by atoms with Gasteiger partial charge in [0, 0.05) is 19.3 Å². The van der Waals surface area contributed by atoms with Gasteiger partial charge in [-0.3, -0.25) is 23.4 Å². The van der Waals surface area contributed by atoms with E-state index in [0.29, 0.717) is 25.7 Å². The van der Waals surface area contributed by atoms with Crippen molar-refractivity contribution in [3.63, 3.8) is 0 Å². The molecule has 12 heteroatoms. The molecular formula is C40H69O11P. The van der Waals surface area contributed by atoms with Crippen molar-refractivity contribution in [3.05, 3.63) is 48.6 Å². The Morgan fingerprint density at radius 2 is 1.29 bits per heavy atom. The van der Waals surface area contributed by atoms with Crippen molar-refractivity contribution in [3.8, 4) is 0 Å². The quantitative estimate of drug-likeness (QED) is 0.0141. The second kappa shape index (κ2) is 34.4. The maximum atomic E-state index is 12.5. The number of aliphatic hydroxyl groups excluding tert-OH is 2. The number of carbonyl (C=O) groups excluding carboxylic acids is 3. The zero-order valence-electron chi connectivity index (χ0n) is 32.2. The molecule has 1 unspecified atom stereocenters. The van der Waals surface area contributed by atoms with E-state index >= 15 is 0 Å². The van der Waals surface area contributed by atoms with Crippen molar-refractivity contribution in [2.24, 2.45) is 5.92 Å². The number of hydrogen-bond donors (Lipinski definition) is 3. The first-order valence-electron chi connectivity index (χ1n) is 19.4. The number of unbranched alkanes of at least 4 members (excludes halogenated alkanes) is 10. The minimum Gasteiger partial charge on any atom is -0.462 e. The summed E-state index contributed by atoms with van der Waals surface area (Å²) in [4.78, 5) is 46.5. The van der Waals surface area contributed by atoms with E-state index in [0.717, 1.165) is 57.3 Å². The number of phosphoric ester groups is 1. The van der Waals surface area contributed by atoms with Crippen LogP contribution in [0.4, 0.5) is 0 Å². The summed E-state index contributed by atoms with van der Waals surface area (Å²) in [6.07, 6.45) is 29.5. The molecule has 0 fully saturated rings. The van der Waals surface area contributed by atoms with Gasteiger partial charge >= 0.3 is 19.8 Å². The fourth-order valence-corrected chi connectivity index (χ4v) is 5.62. The SMILES string of the molecule is CCCCCC(=O)/C=C/C=C\C/C=C\C/C=C\CCCC(=O)O[C@H](COC(=O)CCCCCCCCCCC(C)C)COP(=O)(O)OC[C@@H](O)CO. The molecule has 52 heavy (non-hydrogen) atoms. The fourth-order valence-electron chi connectivity index (χ4n) is 4.83. The molecule has 11 nitrogen and oxygen atoms in total. The van der Waals surface area contributed by atoms with Gasteiger partial charge in [-0.15, -0.1) is 0 Å². The monoisotopic (exact) mass is 756 g/mol. The van der Waals surface area contributed by atoms with Crippen molar-refractivity contribution in [1.82, 2.24) is 0 Å². The standard InChI is InChI=1S/C40H69O11P/c1-4-5-21-27-36(42)28-23-18-14-9-7-6-8-10-16-20-25-30-40(45)51-38(34-50-52(46,47)49-32-37(43)31-41)33-48-39(44)29-24-19-15-12-11-13-17-22-26-35(2)3/h6-7,10,14,16,18,23,28,35,37-38,41,43H,4-5,8-9,11-13,15,17,19-22,24-27,29-34H2,1-3H3,(H,46,47)/b7-6-,16-10-,18-14-,28-23+/t37-,38+/m0/s1. The van der Waals surface area contributed by atoms with Gasteiger partial charge in [-0.2, -0.15) is 0 Å². The third-order valence-corrected chi connectivity index (χ3v) is 8.84. The highest BCUT2D eigenvalue weighted by molar-refractivity contribution is 7.47. The first-order valence-corrected chi connectivity index (χ1v) is 20.9. The topological polar surface area (TPSA) is 166 Å². The Bertz CT molecular complexity index is 1080. The Hall–Kier alpha value is -2.40. The molecule has 3 atom stereocenters. The van der Waals surface area contributed by atoms with Gasteiger partial charge in [0.05, 0.1) is 19.8 Å². The van der Waals surface area contributed by atoms with Crippen LogP contribution in [0.15, 0.2) is 48.6 Å². The maximum Gasteiger partial charge on any atom is 0.472 e. The molecule has 0 aromatic heterocycles. The lowest BCUT2D eigenvalue weighted by Crippen LogP contribution is -2.29. The van der Waals surface area contributed by atoms with Gasteiger partial charge in [0.25, 0.3) is 0 Å². The van der Waals surface area contributed by atoms with Crippen molar-refractivity contribution in [1.29, 1.82) is 0 Å². The summed E-state index contributed by atoms with van der Waals surface area (Å²) < 4.78 is 32.5. The number of aliphatic hydroxyl groups is 2.